The number of aryl methyl sites for hydroxylation is 2. The van der Waals surface area contributed by atoms with Crippen molar-refractivity contribution in [3.8, 4) is 0 Å². The van der Waals surface area contributed by atoms with Gasteiger partial charge in [-0.2, -0.15) is 0 Å². The summed E-state index contributed by atoms with van der Waals surface area (Å²) in [5, 5.41) is 6.24. The third-order valence-corrected chi connectivity index (χ3v) is 4.00. The van der Waals surface area contributed by atoms with E-state index < -0.39 is 0 Å². The van der Waals surface area contributed by atoms with Crippen LogP contribution in [0.15, 0.2) is 66.9 Å². The zero-order valence-electron chi connectivity index (χ0n) is 14.4. The van der Waals surface area contributed by atoms with Gasteiger partial charge in [-0.25, -0.2) is 0 Å². The molecule has 0 unspecified atom stereocenters. The van der Waals surface area contributed by atoms with Crippen molar-refractivity contribution in [1.82, 2.24) is 4.98 Å². The topological polar surface area (TPSA) is 54.0 Å². The van der Waals surface area contributed by atoms with Crippen molar-refractivity contribution in [2.45, 2.75) is 20.4 Å². The summed E-state index contributed by atoms with van der Waals surface area (Å²) in [5.74, 6) is -0.215. The van der Waals surface area contributed by atoms with Crippen LogP contribution in [0.1, 0.15) is 27.2 Å². The van der Waals surface area contributed by atoms with Crippen molar-refractivity contribution in [2.75, 3.05) is 10.6 Å². The maximum absolute atomic E-state index is 12.4. The molecule has 126 valence electrons. The summed E-state index contributed by atoms with van der Waals surface area (Å²) in [7, 11) is 0. The van der Waals surface area contributed by atoms with Gasteiger partial charge in [-0.1, -0.05) is 48.0 Å². The molecule has 0 spiro atoms. The van der Waals surface area contributed by atoms with E-state index in [-0.39, 0.29) is 5.91 Å². The Kier molecular flexibility index (Phi) is 5.09. The first-order chi connectivity index (χ1) is 12.1. The zero-order valence-corrected chi connectivity index (χ0v) is 14.4. The fourth-order valence-electron chi connectivity index (χ4n) is 2.47. The monoisotopic (exact) mass is 331 g/mol. The lowest BCUT2D eigenvalue weighted by molar-refractivity contribution is 0.102. The molecule has 0 bridgehead atoms. The van der Waals surface area contributed by atoms with Gasteiger partial charge in [0.2, 0.25) is 0 Å². The molecule has 2 aromatic carbocycles. The predicted molar refractivity (Wildman–Crippen MR) is 102 cm³/mol. The number of carbonyl (C=O) groups excluding carboxylic acids is 1. The predicted octanol–water partition coefficient (Wildman–Crippen LogP) is 4.56. The highest BCUT2D eigenvalue weighted by Crippen LogP contribution is 2.16. The standard InChI is InChI=1S/C21H21N3O/c1-15-7-9-17(10-8-15)14-23-18-11-12-22-20(13-18)21(25)24-19-6-4-3-5-16(19)2/h3-13H,14H2,1-2H3,(H,22,23)(H,24,25). The van der Waals surface area contributed by atoms with Gasteiger partial charge in [0.15, 0.2) is 0 Å². The molecular weight excluding hydrogens is 310 g/mol. The summed E-state index contributed by atoms with van der Waals surface area (Å²) in [4.78, 5) is 16.6. The van der Waals surface area contributed by atoms with E-state index in [4.69, 9.17) is 0 Å². The molecule has 0 fully saturated rings. The molecule has 0 aliphatic heterocycles. The molecule has 0 saturated carbocycles. The van der Waals surface area contributed by atoms with Gasteiger partial charge in [0.1, 0.15) is 5.69 Å². The van der Waals surface area contributed by atoms with E-state index in [1.165, 1.54) is 11.1 Å². The zero-order chi connectivity index (χ0) is 17.6. The Morgan fingerprint density at radius 3 is 2.52 bits per heavy atom. The first-order valence-electron chi connectivity index (χ1n) is 8.24. The van der Waals surface area contributed by atoms with E-state index in [2.05, 4.69) is 46.8 Å². The van der Waals surface area contributed by atoms with Gasteiger partial charge in [-0.05, 0) is 43.2 Å². The van der Waals surface area contributed by atoms with E-state index in [0.29, 0.717) is 12.2 Å². The number of hydrogen-bond acceptors (Lipinski definition) is 3. The highest BCUT2D eigenvalue weighted by atomic mass is 16.1. The van der Waals surface area contributed by atoms with Gasteiger partial charge < -0.3 is 10.6 Å². The average molecular weight is 331 g/mol. The molecule has 0 radical (unpaired) electrons. The smallest absolute Gasteiger partial charge is 0.274 e. The quantitative estimate of drug-likeness (QED) is 0.720. The lowest BCUT2D eigenvalue weighted by atomic mass is 10.1. The van der Waals surface area contributed by atoms with E-state index in [1.54, 1.807) is 12.3 Å². The van der Waals surface area contributed by atoms with Crippen molar-refractivity contribution in [3.63, 3.8) is 0 Å². The molecular formula is C21H21N3O. The van der Waals surface area contributed by atoms with Gasteiger partial charge in [-0.15, -0.1) is 0 Å². The van der Waals surface area contributed by atoms with Crippen molar-refractivity contribution < 1.29 is 4.79 Å². The van der Waals surface area contributed by atoms with Crippen LogP contribution in [0.3, 0.4) is 0 Å². The van der Waals surface area contributed by atoms with Crippen molar-refractivity contribution in [3.05, 3.63) is 89.2 Å². The van der Waals surface area contributed by atoms with Crippen LogP contribution in [0.4, 0.5) is 11.4 Å². The van der Waals surface area contributed by atoms with Crippen LogP contribution in [0.25, 0.3) is 0 Å². The molecule has 25 heavy (non-hydrogen) atoms. The Balaban J connectivity index is 1.67. The van der Waals surface area contributed by atoms with Crippen LogP contribution < -0.4 is 10.6 Å². The van der Waals surface area contributed by atoms with E-state index in [0.717, 1.165) is 16.9 Å². The maximum Gasteiger partial charge on any atom is 0.274 e. The molecule has 3 rings (SSSR count). The Morgan fingerprint density at radius 1 is 1.00 bits per heavy atom. The lowest BCUT2D eigenvalue weighted by Gasteiger charge is -2.10. The van der Waals surface area contributed by atoms with Crippen LogP contribution in [0.2, 0.25) is 0 Å². The fourth-order valence-corrected chi connectivity index (χ4v) is 2.47. The molecule has 0 atom stereocenters. The van der Waals surface area contributed by atoms with E-state index >= 15 is 0 Å². The fraction of sp³-hybridized carbons (Fsp3) is 0.143. The van der Waals surface area contributed by atoms with Gasteiger partial charge in [0.05, 0.1) is 0 Å². The number of rotatable bonds is 5. The van der Waals surface area contributed by atoms with Crippen LogP contribution >= 0.6 is 0 Å². The number of para-hydroxylation sites is 1. The second-order valence-corrected chi connectivity index (χ2v) is 6.04. The number of amides is 1. The average Bonchev–Trinajstić information content (AvgIpc) is 2.63. The first-order valence-corrected chi connectivity index (χ1v) is 8.24. The van der Waals surface area contributed by atoms with Crippen molar-refractivity contribution in [1.29, 1.82) is 0 Å². The second kappa shape index (κ2) is 7.62. The Hall–Kier alpha value is -3.14. The minimum absolute atomic E-state index is 0.215. The number of benzene rings is 2. The largest absolute Gasteiger partial charge is 0.381 e. The molecule has 1 amide bonds. The van der Waals surface area contributed by atoms with E-state index in [9.17, 15) is 4.79 Å². The van der Waals surface area contributed by atoms with Gasteiger partial charge in [0, 0.05) is 24.1 Å². The molecule has 0 aliphatic carbocycles. The van der Waals surface area contributed by atoms with Gasteiger partial charge in [0.25, 0.3) is 5.91 Å². The highest BCUT2D eigenvalue weighted by molar-refractivity contribution is 6.03. The summed E-state index contributed by atoms with van der Waals surface area (Å²) in [6.07, 6.45) is 1.64. The molecule has 3 aromatic rings. The Labute approximate surface area is 147 Å². The summed E-state index contributed by atoms with van der Waals surface area (Å²) >= 11 is 0. The molecule has 2 N–H and O–H groups in total. The number of hydrogen-bond donors (Lipinski definition) is 2. The maximum atomic E-state index is 12.4. The SMILES string of the molecule is Cc1ccc(CNc2ccnc(C(=O)Nc3ccccc3C)c2)cc1. The first kappa shape index (κ1) is 16.7. The van der Waals surface area contributed by atoms with Crippen LogP contribution in [0.5, 0.6) is 0 Å². The van der Waals surface area contributed by atoms with Gasteiger partial charge >= 0.3 is 0 Å². The van der Waals surface area contributed by atoms with E-state index in [1.807, 2.05) is 37.3 Å². The number of nitrogens with one attached hydrogen (secondary N) is 2. The molecule has 4 heteroatoms. The molecule has 4 nitrogen and oxygen atoms in total. The summed E-state index contributed by atoms with van der Waals surface area (Å²) < 4.78 is 0. The Bertz CT molecular complexity index is 872. The highest BCUT2D eigenvalue weighted by Gasteiger charge is 2.09. The van der Waals surface area contributed by atoms with Crippen LogP contribution in [-0.2, 0) is 6.54 Å². The summed E-state index contributed by atoms with van der Waals surface area (Å²) in [6.45, 7) is 4.73. The normalized spacial score (nSPS) is 10.3. The third kappa shape index (κ3) is 4.44. The molecule has 0 saturated heterocycles. The lowest BCUT2D eigenvalue weighted by Crippen LogP contribution is -2.14. The minimum Gasteiger partial charge on any atom is -0.381 e. The molecule has 1 heterocycles. The number of aromatic nitrogens is 1. The summed E-state index contributed by atoms with van der Waals surface area (Å²) in [5.41, 5.74) is 5.50. The number of pyridine rings is 1. The van der Waals surface area contributed by atoms with Crippen molar-refractivity contribution in [2.24, 2.45) is 0 Å². The summed E-state index contributed by atoms with van der Waals surface area (Å²) in [6, 6.07) is 19.7. The molecule has 0 aliphatic rings. The Morgan fingerprint density at radius 2 is 1.76 bits per heavy atom. The van der Waals surface area contributed by atoms with Crippen molar-refractivity contribution >= 4 is 17.3 Å². The molecule has 1 aromatic heterocycles. The number of anilines is 2. The number of carbonyl (C=O) groups is 1. The second-order valence-electron chi connectivity index (χ2n) is 6.04. The third-order valence-electron chi connectivity index (χ3n) is 4.00. The van der Waals surface area contributed by atoms with Crippen LogP contribution in [-0.4, -0.2) is 10.9 Å². The van der Waals surface area contributed by atoms with Gasteiger partial charge in [-0.3, -0.25) is 9.78 Å². The minimum atomic E-state index is -0.215. The van der Waals surface area contributed by atoms with Crippen LogP contribution in [0, 0.1) is 13.8 Å². The number of nitrogens with zero attached hydrogens (tertiary/aromatic N) is 1.